The van der Waals surface area contributed by atoms with Crippen molar-refractivity contribution in [2.24, 2.45) is 0 Å². The van der Waals surface area contributed by atoms with E-state index in [2.05, 4.69) is 9.97 Å². The molecule has 6 heteroatoms. The van der Waals surface area contributed by atoms with E-state index in [4.69, 9.17) is 9.47 Å². The summed E-state index contributed by atoms with van der Waals surface area (Å²) in [6.07, 6.45) is 3.38. The van der Waals surface area contributed by atoms with Crippen molar-refractivity contribution in [3.05, 3.63) is 48.8 Å². The SMILES string of the molecule is O[C@]1(COc2ccccc2)COCCN(c2ncccn2)C1. The third-order valence-electron chi connectivity index (χ3n) is 3.45. The summed E-state index contributed by atoms with van der Waals surface area (Å²) in [6, 6.07) is 11.2. The van der Waals surface area contributed by atoms with E-state index in [1.165, 1.54) is 0 Å². The summed E-state index contributed by atoms with van der Waals surface area (Å²) in [5.74, 6) is 1.31. The van der Waals surface area contributed by atoms with E-state index in [9.17, 15) is 5.11 Å². The Kier molecular flexibility index (Phi) is 4.50. The van der Waals surface area contributed by atoms with Gasteiger partial charge in [0, 0.05) is 18.9 Å². The number of aromatic nitrogens is 2. The fraction of sp³-hybridized carbons (Fsp3) is 0.375. The third kappa shape index (κ3) is 3.72. The molecule has 2 heterocycles. The van der Waals surface area contributed by atoms with Gasteiger partial charge in [0.25, 0.3) is 0 Å². The molecule has 0 bridgehead atoms. The zero-order valence-electron chi connectivity index (χ0n) is 12.3. The summed E-state index contributed by atoms with van der Waals surface area (Å²) in [5.41, 5.74) is -1.11. The van der Waals surface area contributed by atoms with Crippen LogP contribution in [0.4, 0.5) is 5.95 Å². The van der Waals surface area contributed by atoms with E-state index >= 15 is 0 Å². The fourth-order valence-electron chi connectivity index (χ4n) is 2.36. The van der Waals surface area contributed by atoms with Crippen molar-refractivity contribution in [1.29, 1.82) is 0 Å². The van der Waals surface area contributed by atoms with Gasteiger partial charge in [-0.15, -0.1) is 0 Å². The maximum atomic E-state index is 10.8. The molecule has 1 aliphatic heterocycles. The van der Waals surface area contributed by atoms with Crippen LogP contribution in [0.3, 0.4) is 0 Å². The van der Waals surface area contributed by atoms with Crippen LogP contribution in [0, 0.1) is 0 Å². The first-order chi connectivity index (χ1) is 10.8. The van der Waals surface area contributed by atoms with Crippen molar-refractivity contribution >= 4 is 5.95 Å². The van der Waals surface area contributed by atoms with Gasteiger partial charge in [-0.1, -0.05) is 18.2 Å². The molecule has 1 fully saturated rings. The monoisotopic (exact) mass is 301 g/mol. The Labute approximate surface area is 129 Å². The first kappa shape index (κ1) is 14.7. The number of rotatable bonds is 4. The summed E-state index contributed by atoms with van der Waals surface area (Å²) in [6.45, 7) is 1.90. The van der Waals surface area contributed by atoms with Crippen LogP contribution in [0.25, 0.3) is 0 Å². The molecule has 1 saturated heterocycles. The topological polar surface area (TPSA) is 67.7 Å². The lowest BCUT2D eigenvalue weighted by Gasteiger charge is -2.30. The number of anilines is 1. The zero-order chi connectivity index (χ0) is 15.3. The molecule has 1 aliphatic rings. The number of aliphatic hydroxyl groups is 1. The van der Waals surface area contributed by atoms with Gasteiger partial charge in [0.2, 0.25) is 5.95 Å². The van der Waals surface area contributed by atoms with Gasteiger partial charge in [-0.3, -0.25) is 0 Å². The van der Waals surface area contributed by atoms with Crippen molar-refractivity contribution in [3.63, 3.8) is 0 Å². The van der Waals surface area contributed by atoms with Crippen molar-refractivity contribution in [1.82, 2.24) is 9.97 Å². The maximum Gasteiger partial charge on any atom is 0.225 e. The number of para-hydroxylation sites is 1. The molecule has 1 atom stereocenters. The summed E-state index contributed by atoms with van der Waals surface area (Å²) >= 11 is 0. The van der Waals surface area contributed by atoms with E-state index in [0.29, 0.717) is 25.6 Å². The lowest BCUT2D eigenvalue weighted by Crippen LogP contribution is -2.49. The normalized spacial score (nSPS) is 22.1. The van der Waals surface area contributed by atoms with Gasteiger partial charge in [-0.25, -0.2) is 9.97 Å². The smallest absolute Gasteiger partial charge is 0.225 e. The fourth-order valence-corrected chi connectivity index (χ4v) is 2.36. The Balaban J connectivity index is 1.68. The molecular formula is C16H19N3O3. The summed E-state index contributed by atoms with van der Waals surface area (Å²) in [4.78, 5) is 10.4. The second-order valence-corrected chi connectivity index (χ2v) is 5.35. The molecule has 0 unspecified atom stereocenters. The molecule has 0 amide bonds. The van der Waals surface area contributed by atoms with Gasteiger partial charge in [0.15, 0.2) is 0 Å². The van der Waals surface area contributed by atoms with Gasteiger partial charge in [-0.2, -0.15) is 0 Å². The van der Waals surface area contributed by atoms with E-state index < -0.39 is 5.60 Å². The van der Waals surface area contributed by atoms with E-state index in [1.54, 1.807) is 18.5 Å². The minimum absolute atomic E-state index is 0.153. The lowest BCUT2D eigenvalue weighted by molar-refractivity contribution is -0.0537. The standard InChI is InChI=1S/C16H19N3O3/c20-16(13-22-14-5-2-1-3-6-14)11-19(9-10-21-12-16)15-17-7-4-8-18-15/h1-8,20H,9-13H2/t16-/m0/s1. The van der Waals surface area contributed by atoms with Crippen LogP contribution < -0.4 is 9.64 Å². The Morgan fingerprint density at radius 2 is 1.95 bits per heavy atom. The van der Waals surface area contributed by atoms with E-state index in [0.717, 1.165) is 5.75 Å². The molecule has 22 heavy (non-hydrogen) atoms. The van der Waals surface area contributed by atoms with Crippen molar-refractivity contribution in [2.75, 3.05) is 37.8 Å². The highest BCUT2D eigenvalue weighted by molar-refractivity contribution is 5.30. The minimum Gasteiger partial charge on any atom is -0.490 e. The highest BCUT2D eigenvalue weighted by Crippen LogP contribution is 2.18. The molecule has 0 radical (unpaired) electrons. The molecule has 1 N–H and O–H groups in total. The Bertz CT molecular complexity index is 582. The molecule has 0 aliphatic carbocycles. The van der Waals surface area contributed by atoms with Crippen LogP contribution >= 0.6 is 0 Å². The van der Waals surface area contributed by atoms with Crippen molar-refractivity contribution < 1.29 is 14.6 Å². The van der Waals surface area contributed by atoms with Crippen molar-refractivity contribution in [3.8, 4) is 5.75 Å². The number of β-amino-alcohol motifs (C(OH)–C–C–N with tert-alkyl or cyclic N) is 1. The number of ether oxygens (including phenoxy) is 2. The highest BCUT2D eigenvalue weighted by atomic mass is 16.5. The van der Waals surface area contributed by atoms with Crippen molar-refractivity contribution in [2.45, 2.75) is 5.60 Å². The Morgan fingerprint density at radius 3 is 2.73 bits per heavy atom. The second-order valence-electron chi connectivity index (χ2n) is 5.35. The lowest BCUT2D eigenvalue weighted by atomic mass is 10.1. The summed E-state index contributed by atoms with van der Waals surface area (Å²) in [7, 11) is 0. The minimum atomic E-state index is -1.11. The zero-order valence-corrected chi connectivity index (χ0v) is 12.3. The van der Waals surface area contributed by atoms with Gasteiger partial charge in [-0.05, 0) is 18.2 Å². The number of hydrogen-bond donors (Lipinski definition) is 1. The second kappa shape index (κ2) is 6.72. The molecule has 116 valence electrons. The van der Waals surface area contributed by atoms with Crippen LogP contribution in [0.2, 0.25) is 0 Å². The maximum absolute atomic E-state index is 10.8. The van der Waals surface area contributed by atoms with Gasteiger partial charge < -0.3 is 19.5 Å². The van der Waals surface area contributed by atoms with Crippen LogP contribution in [-0.4, -0.2) is 53.6 Å². The average Bonchev–Trinajstić information content (AvgIpc) is 2.77. The quantitative estimate of drug-likeness (QED) is 0.913. The third-order valence-corrected chi connectivity index (χ3v) is 3.45. The molecule has 3 rings (SSSR count). The van der Waals surface area contributed by atoms with E-state index in [-0.39, 0.29) is 13.2 Å². The largest absolute Gasteiger partial charge is 0.490 e. The van der Waals surface area contributed by atoms with Crippen LogP contribution in [0.15, 0.2) is 48.8 Å². The van der Waals surface area contributed by atoms with Gasteiger partial charge >= 0.3 is 0 Å². The molecule has 2 aromatic rings. The predicted octanol–water partition coefficient (Wildman–Crippen LogP) is 1.12. The van der Waals surface area contributed by atoms with Crippen LogP contribution in [0.1, 0.15) is 0 Å². The first-order valence-electron chi connectivity index (χ1n) is 7.25. The summed E-state index contributed by atoms with van der Waals surface area (Å²) < 4.78 is 11.2. The number of benzene rings is 1. The predicted molar refractivity (Wildman–Crippen MR) is 82.0 cm³/mol. The average molecular weight is 301 g/mol. The molecule has 1 aromatic carbocycles. The molecule has 0 saturated carbocycles. The van der Waals surface area contributed by atoms with Gasteiger partial charge in [0.1, 0.15) is 18.0 Å². The Morgan fingerprint density at radius 1 is 1.18 bits per heavy atom. The van der Waals surface area contributed by atoms with Crippen LogP contribution in [0.5, 0.6) is 5.75 Å². The summed E-state index contributed by atoms with van der Waals surface area (Å²) in [5, 5.41) is 10.8. The van der Waals surface area contributed by atoms with Gasteiger partial charge in [0.05, 0.1) is 19.8 Å². The Hall–Kier alpha value is -2.18. The molecule has 0 spiro atoms. The highest BCUT2D eigenvalue weighted by Gasteiger charge is 2.34. The molecule has 6 nitrogen and oxygen atoms in total. The number of nitrogens with zero attached hydrogens (tertiary/aromatic N) is 3. The van der Waals surface area contributed by atoms with E-state index in [1.807, 2.05) is 35.2 Å². The van der Waals surface area contributed by atoms with Crippen LogP contribution in [-0.2, 0) is 4.74 Å². The first-order valence-corrected chi connectivity index (χ1v) is 7.25. The molecule has 1 aromatic heterocycles. The number of hydrogen-bond acceptors (Lipinski definition) is 6. The molecular weight excluding hydrogens is 282 g/mol.